The normalized spacial score (nSPS) is 24.9. The summed E-state index contributed by atoms with van der Waals surface area (Å²) < 4.78 is 51.5. The van der Waals surface area contributed by atoms with Crippen molar-refractivity contribution in [3.05, 3.63) is 42.1 Å². The highest BCUT2D eigenvalue weighted by Gasteiger charge is 2.63. The summed E-state index contributed by atoms with van der Waals surface area (Å²) in [5.41, 5.74) is 1.57. The Bertz CT molecular complexity index is 1160. The van der Waals surface area contributed by atoms with E-state index in [1.807, 2.05) is 30.3 Å². The number of fused-ring (bicyclic) bond motifs is 2. The zero-order chi connectivity index (χ0) is 25.6. The van der Waals surface area contributed by atoms with Gasteiger partial charge in [-0.25, -0.2) is 4.98 Å². The maximum atomic E-state index is 13.8. The van der Waals surface area contributed by atoms with E-state index in [0.717, 1.165) is 35.7 Å². The van der Waals surface area contributed by atoms with Crippen LogP contribution in [-0.2, 0) is 20.8 Å². The van der Waals surface area contributed by atoms with E-state index in [2.05, 4.69) is 20.5 Å². The fraction of sp³-hybridized carbons (Fsp3) is 0.538. The molecule has 11 heteroatoms. The Kier molecular flexibility index (Phi) is 6.24. The number of nitrogens with zero attached hydrogens (tertiary/aromatic N) is 3. The summed E-state index contributed by atoms with van der Waals surface area (Å²) in [4.78, 5) is 22.3. The molecule has 4 heterocycles. The largest absolute Gasteiger partial charge is 0.406 e. The summed E-state index contributed by atoms with van der Waals surface area (Å²) in [6, 6.07) is 9.32. The van der Waals surface area contributed by atoms with Crippen LogP contribution in [0.25, 0.3) is 0 Å². The first kappa shape index (κ1) is 24.4. The van der Waals surface area contributed by atoms with Crippen molar-refractivity contribution in [1.29, 1.82) is 0 Å². The Morgan fingerprint density at radius 3 is 2.68 bits per heavy atom. The van der Waals surface area contributed by atoms with Crippen molar-refractivity contribution in [2.75, 3.05) is 48.0 Å². The minimum atomic E-state index is -4.28. The molecule has 1 aromatic heterocycles. The van der Waals surface area contributed by atoms with Crippen molar-refractivity contribution in [1.82, 2.24) is 10.3 Å². The molecule has 0 radical (unpaired) electrons. The van der Waals surface area contributed by atoms with Gasteiger partial charge >= 0.3 is 6.18 Å². The number of anilines is 4. The Hall–Kier alpha value is -2.89. The van der Waals surface area contributed by atoms with E-state index in [1.54, 1.807) is 11.1 Å². The third-order valence-corrected chi connectivity index (χ3v) is 7.71. The zero-order valence-electron chi connectivity index (χ0n) is 20.4. The molecule has 1 aliphatic carbocycles. The molecule has 2 atom stereocenters. The number of morpholine rings is 1. The van der Waals surface area contributed by atoms with Crippen LogP contribution in [0.1, 0.15) is 31.2 Å². The van der Waals surface area contributed by atoms with Gasteiger partial charge in [0, 0.05) is 36.6 Å². The van der Waals surface area contributed by atoms with E-state index in [1.165, 1.54) is 0 Å². The molecule has 6 rings (SSSR count). The van der Waals surface area contributed by atoms with Crippen molar-refractivity contribution >= 4 is 28.8 Å². The third kappa shape index (κ3) is 4.75. The van der Waals surface area contributed by atoms with Gasteiger partial charge in [0.15, 0.2) is 0 Å². The Morgan fingerprint density at radius 1 is 1.16 bits per heavy atom. The van der Waals surface area contributed by atoms with Gasteiger partial charge in [-0.15, -0.1) is 0 Å². The Balaban J connectivity index is 1.23. The SMILES string of the molecule is O=C(C1CC[C@H](NC2(C(F)(F)F)CC2)CO1)N1Cc2cccnc2Nc2ccc(N3CCOCC3)cc21. The molecule has 3 aliphatic heterocycles. The van der Waals surface area contributed by atoms with E-state index >= 15 is 0 Å². The monoisotopic (exact) mass is 517 g/mol. The van der Waals surface area contributed by atoms with Crippen molar-refractivity contribution in [3.8, 4) is 0 Å². The third-order valence-electron chi connectivity index (χ3n) is 7.71. The molecule has 37 heavy (non-hydrogen) atoms. The minimum absolute atomic E-state index is 0.0686. The van der Waals surface area contributed by atoms with Crippen LogP contribution < -0.4 is 20.4 Å². The lowest BCUT2D eigenvalue weighted by molar-refractivity contribution is -0.171. The maximum absolute atomic E-state index is 13.8. The van der Waals surface area contributed by atoms with Gasteiger partial charge < -0.3 is 24.6 Å². The van der Waals surface area contributed by atoms with Crippen LogP contribution in [0.15, 0.2) is 36.5 Å². The highest BCUT2D eigenvalue weighted by molar-refractivity contribution is 6.01. The first-order valence-corrected chi connectivity index (χ1v) is 12.8. The average Bonchev–Trinajstić information content (AvgIpc) is 3.72. The summed E-state index contributed by atoms with van der Waals surface area (Å²) >= 11 is 0. The highest BCUT2D eigenvalue weighted by atomic mass is 19.4. The first-order valence-electron chi connectivity index (χ1n) is 12.8. The van der Waals surface area contributed by atoms with Gasteiger partial charge in [-0.3, -0.25) is 10.1 Å². The molecule has 0 spiro atoms. The van der Waals surface area contributed by atoms with Crippen LogP contribution in [0, 0.1) is 0 Å². The molecule has 1 saturated carbocycles. The van der Waals surface area contributed by atoms with Crippen LogP contribution in [0.2, 0.25) is 0 Å². The maximum Gasteiger partial charge on any atom is 0.406 e. The molecule has 2 N–H and O–H groups in total. The molecular weight excluding hydrogens is 487 g/mol. The molecule has 198 valence electrons. The lowest BCUT2D eigenvalue weighted by atomic mass is 10.0. The second kappa shape index (κ2) is 9.45. The number of pyridine rings is 1. The molecule has 0 bridgehead atoms. The number of halogens is 3. The number of nitrogens with one attached hydrogen (secondary N) is 2. The average molecular weight is 518 g/mol. The van der Waals surface area contributed by atoms with E-state index in [4.69, 9.17) is 9.47 Å². The summed E-state index contributed by atoms with van der Waals surface area (Å²) in [5, 5.41) is 6.13. The number of aromatic nitrogens is 1. The lowest BCUT2D eigenvalue weighted by Gasteiger charge is -2.35. The fourth-order valence-electron chi connectivity index (χ4n) is 5.39. The number of ether oxygens (including phenoxy) is 2. The molecule has 1 amide bonds. The van der Waals surface area contributed by atoms with Gasteiger partial charge in [-0.05, 0) is 49.9 Å². The summed E-state index contributed by atoms with van der Waals surface area (Å²) in [6.07, 6.45) is -2.32. The Labute approximate surface area is 213 Å². The van der Waals surface area contributed by atoms with E-state index in [9.17, 15) is 18.0 Å². The van der Waals surface area contributed by atoms with Crippen LogP contribution in [0.5, 0.6) is 0 Å². The molecular formula is C26H30F3N5O3. The number of hydrogen-bond donors (Lipinski definition) is 2. The summed E-state index contributed by atoms with van der Waals surface area (Å²) in [5.74, 6) is 0.489. The predicted octanol–water partition coefficient (Wildman–Crippen LogP) is 3.74. The first-order chi connectivity index (χ1) is 17.8. The Morgan fingerprint density at radius 2 is 1.97 bits per heavy atom. The molecule has 1 aromatic carbocycles. The predicted molar refractivity (Wildman–Crippen MR) is 132 cm³/mol. The van der Waals surface area contributed by atoms with E-state index in [-0.39, 0.29) is 25.4 Å². The summed E-state index contributed by atoms with van der Waals surface area (Å²) in [7, 11) is 0. The van der Waals surface area contributed by atoms with Crippen molar-refractivity contribution in [2.45, 2.75) is 56.1 Å². The number of benzene rings is 1. The second-order valence-electron chi connectivity index (χ2n) is 10.2. The molecule has 1 unspecified atom stereocenters. The quantitative estimate of drug-likeness (QED) is 0.640. The van der Waals surface area contributed by atoms with Gasteiger partial charge in [0.25, 0.3) is 5.91 Å². The van der Waals surface area contributed by atoms with Crippen molar-refractivity contribution < 1.29 is 27.4 Å². The molecule has 3 fully saturated rings. The van der Waals surface area contributed by atoms with Gasteiger partial charge in [-0.1, -0.05) is 6.07 Å². The highest BCUT2D eigenvalue weighted by Crippen LogP contribution is 2.49. The topological polar surface area (TPSA) is 79.0 Å². The number of alkyl halides is 3. The lowest BCUT2D eigenvalue weighted by Crippen LogP contribution is -2.54. The molecule has 8 nitrogen and oxygen atoms in total. The van der Waals surface area contributed by atoms with Crippen molar-refractivity contribution in [3.63, 3.8) is 0 Å². The zero-order valence-corrected chi connectivity index (χ0v) is 20.4. The number of rotatable bonds is 4. The second-order valence-corrected chi connectivity index (χ2v) is 10.2. The van der Waals surface area contributed by atoms with Gasteiger partial charge in [0.05, 0.1) is 37.7 Å². The number of amides is 1. The van der Waals surface area contributed by atoms with Gasteiger partial charge in [-0.2, -0.15) is 13.2 Å². The fourth-order valence-corrected chi connectivity index (χ4v) is 5.39. The molecule has 2 saturated heterocycles. The van der Waals surface area contributed by atoms with Crippen LogP contribution in [-0.4, -0.2) is 67.7 Å². The molecule has 2 aromatic rings. The molecule has 4 aliphatic rings. The minimum Gasteiger partial charge on any atom is -0.378 e. The van der Waals surface area contributed by atoms with Gasteiger partial charge in [0.1, 0.15) is 17.5 Å². The van der Waals surface area contributed by atoms with Crippen LogP contribution in [0.4, 0.5) is 36.1 Å². The van der Waals surface area contributed by atoms with Crippen LogP contribution in [0.3, 0.4) is 0 Å². The number of carbonyl (C=O) groups is 1. The smallest absolute Gasteiger partial charge is 0.378 e. The number of carbonyl (C=O) groups excluding carboxylic acids is 1. The number of hydrogen-bond acceptors (Lipinski definition) is 7. The van der Waals surface area contributed by atoms with Crippen LogP contribution >= 0.6 is 0 Å². The van der Waals surface area contributed by atoms with Crippen molar-refractivity contribution in [2.24, 2.45) is 0 Å². The van der Waals surface area contributed by atoms with E-state index in [0.29, 0.717) is 38.4 Å². The standard InChI is InChI=1S/C26H30F3N5O3/c27-26(28,29)25(7-8-25)32-18-3-6-22(37-16-18)24(35)34-15-17-2-1-9-30-23(17)31-20-5-4-19(14-21(20)34)33-10-12-36-13-11-33/h1-2,4-5,9,14,18,22,32H,3,6-8,10-13,15-16H2,(H,30,31)/t18-,22?/m0/s1. The van der Waals surface area contributed by atoms with E-state index < -0.39 is 23.9 Å². The van der Waals surface area contributed by atoms with Gasteiger partial charge in [0.2, 0.25) is 0 Å². The summed E-state index contributed by atoms with van der Waals surface area (Å²) in [6.45, 7) is 3.21.